The maximum atomic E-state index is 3.62. The van der Waals surface area contributed by atoms with Crippen molar-refractivity contribution in [3.05, 3.63) is 35.9 Å². The topological polar surface area (TPSA) is 12.0 Å². The van der Waals surface area contributed by atoms with Gasteiger partial charge in [0, 0.05) is 12.5 Å². The van der Waals surface area contributed by atoms with E-state index in [0.717, 1.165) is 19.2 Å². The van der Waals surface area contributed by atoms with Gasteiger partial charge in [0.25, 0.3) is 0 Å². The molecule has 1 aromatic carbocycles. The molecule has 0 heterocycles. The third kappa shape index (κ3) is 5.43. The number of unbranched alkanes of at least 4 members (excludes halogenated alkanes) is 1. The van der Waals surface area contributed by atoms with Crippen molar-refractivity contribution in [3.8, 4) is 11.7 Å². The Bertz CT molecular complexity index is 377. The van der Waals surface area contributed by atoms with Gasteiger partial charge >= 0.3 is 6.85 Å². The van der Waals surface area contributed by atoms with E-state index >= 15 is 0 Å². The molecule has 0 spiro atoms. The highest BCUT2D eigenvalue weighted by Crippen LogP contribution is 2.12. The molecule has 0 bridgehead atoms. The largest absolute Gasteiger partial charge is 0.339 e. The maximum Gasteiger partial charge on any atom is 0.309 e. The molecule has 2 heteroatoms. The first-order chi connectivity index (χ1) is 8.77. The summed E-state index contributed by atoms with van der Waals surface area (Å²) in [5, 5.41) is 3.62. The summed E-state index contributed by atoms with van der Waals surface area (Å²) in [6, 6.07) is 10.9. The van der Waals surface area contributed by atoms with E-state index in [-0.39, 0.29) is 0 Å². The molecular weight excluding hydrogens is 217 g/mol. The van der Waals surface area contributed by atoms with Crippen LogP contribution in [0.5, 0.6) is 0 Å². The molecule has 1 aromatic rings. The second-order valence-corrected chi connectivity index (χ2v) is 4.71. The Kier molecular flexibility index (Phi) is 7.29. The molecule has 0 aliphatic carbocycles. The van der Waals surface area contributed by atoms with E-state index in [1.807, 2.05) is 0 Å². The Balaban J connectivity index is 2.58. The second-order valence-electron chi connectivity index (χ2n) is 4.71. The second kappa shape index (κ2) is 8.83. The molecule has 0 aliphatic heterocycles. The maximum absolute atomic E-state index is 3.62. The normalized spacial score (nSPS) is 11.5. The number of benzene rings is 1. The summed E-state index contributed by atoms with van der Waals surface area (Å²) < 4.78 is 0. The zero-order chi connectivity index (χ0) is 13.2. The van der Waals surface area contributed by atoms with Crippen LogP contribution in [0.1, 0.15) is 51.6 Å². The Morgan fingerprint density at radius 3 is 2.50 bits per heavy atom. The Morgan fingerprint density at radius 2 is 1.89 bits per heavy atom. The van der Waals surface area contributed by atoms with E-state index in [9.17, 15) is 0 Å². The number of hydrogen-bond donors (Lipinski definition) is 1. The van der Waals surface area contributed by atoms with Crippen molar-refractivity contribution in [3.63, 3.8) is 0 Å². The van der Waals surface area contributed by atoms with Gasteiger partial charge in [-0.05, 0) is 25.2 Å². The molecule has 1 nitrogen and oxygen atoms in total. The Labute approximate surface area is 112 Å². The van der Waals surface area contributed by atoms with Gasteiger partial charge < -0.3 is 5.23 Å². The fourth-order valence-corrected chi connectivity index (χ4v) is 1.95. The molecular formula is C16H24BN. The van der Waals surface area contributed by atoms with E-state index < -0.39 is 0 Å². The van der Waals surface area contributed by atoms with Gasteiger partial charge in [-0.3, -0.25) is 0 Å². The van der Waals surface area contributed by atoms with Crippen molar-refractivity contribution >= 4 is 6.85 Å². The van der Waals surface area contributed by atoms with Crippen molar-refractivity contribution in [1.29, 1.82) is 0 Å². The summed E-state index contributed by atoms with van der Waals surface area (Å²) >= 11 is 0. The highest BCUT2D eigenvalue weighted by molar-refractivity contribution is 6.65. The third-order valence-corrected chi connectivity index (χ3v) is 2.98. The van der Waals surface area contributed by atoms with Gasteiger partial charge in [-0.1, -0.05) is 50.6 Å². The SMILES string of the molecule is CCCC#CB(CCC)NC(C)c1ccccc1. The van der Waals surface area contributed by atoms with Gasteiger partial charge in [0.1, 0.15) is 0 Å². The summed E-state index contributed by atoms with van der Waals surface area (Å²) in [5.74, 6) is 6.63. The lowest BCUT2D eigenvalue weighted by molar-refractivity contribution is 0.725. The first-order valence-electron chi connectivity index (χ1n) is 7.07. The lowest BCUT2D eigenvalue weighted by Gasteiger charge is -2.17. The van der Waals surface area contributed by atoms with Gasteiger partial charge in [0.2, 0.25) is 0 Å². The fraction of sp³-hybridized carbons (Fsp3) is 0.500. The molecule has 1 rings (SSSR count). The molecule has 0 saturated carbocycles. The standard InChI is InChI=1S/C16H24BN/c1-4-6-10-14-17(13-5-2)18-15(3)16-11-8-7-9-12-16/h7-9,11-12,15,18H,4-6,13H2,1-3H3. The molecule has 1 N–H and O–H groups in total. The first kappa shape index (κ1) is 14.9. The minimum Gasteiger partial charge on any atom is -0.339 e. The van der Waals surface area contributed by atoms with Crippen LogP contribution in [0.25, 0.3) is 0 Å². The minimum absolute atomic E-state index is 0.316. The van der Waals surface area contributed by atoms with Crippen LogP contribution in [0.15, 0.2) is 30.3 Å². The zero-order valence-electron chi connectivity index (χ0n) is 11.9. The predicted molar refractivity (Wildman–Crippen MR) is 81.5 cm³/mol. The van der Waals surface area contributed by atoms with E-state index in [0.29, 0.717) is 12.9 Å². The lowest BCUT2D eigenvalue weighted by atomic mass is 9.58. The van der Waals surface area contributed by atoms with E-state index in [1.54, 1.807) is 0 Å². The molecule has 1 atom stereocenters. The first-order valence-corrected chi connectivity index (χ1v) is 7.07. The predicted octanol–water partition coefficient (Wildman–Crippen LogP) is 4.08. The number of rotatable bonds is 6. The van der Waals surface area contributed by atoms with E-state index in [4.69, 9.17) is 0 Å². The summed E-state index contributed by atoms with van der Waals surface area (Å²) in [4.78, 5) is 0. The van der Waals surface area contributed by atoms with Crippen LogP contribution in [-0.4, -0.2) is 6.85 Å². The fourth-order valence-electron chi connectivity index (χ4n) is 1.95. The van der Waals surface area contributed by atoms with Crippen LogP contribution in [0.4, 0.5) is 0 Å². The molecule has 1 unspecified atom stereocenters. The van der Waals surface area contributed by atoms with Crippen LogP contribution in [-0.2, 0) is 0 Å². The average Bonchev–Trinajstić information content (AvgIpc) is 2.40. The van der Waals surface area contributed by atoms with Gasteiger partial charge in [-0.15, -0.1) is 11.7 Å². The lowest BCUT2D eigenvalue weighted by Crippen LogP contribution is -2.34. The zero-order valence-corrected chi connectivity index (χ0v) is 11.9. The molecule has 0 radical (unpaired) electrons. The monoisotopic (exact) mass is 241 g/mol. The molecule has 0 aromatic heterocycles. The van der Waals surface area contributed by atoms with Crippen LogP contribution in [0, 0.1) is 11.7 Å². The van der Waals surface area contributed by atoms with Crippen LogP contribution >= 0.6 is 0 Å². The number of nitrogens with one attached hydrogen (secondary N) is 1. The third-order valence-electron chi connectivity index (χ3n) is 2.98. The molecule has 0 saturated heterocycles. The van der Waals surface area contributed by atoms with Crippen LogP contribution < -0.4 is 5.23 Å². The van der Waals surface area contributed by atoms with Crippen LogP contribution in [0.2, 0.25) is 6.32 Å². The van der Waals surface area contributed by atoms with Crippen molar-refractivity contribution in [2.24, 2.45) is 0 Å². The molecule has 96 valence electrons. The molecule has 0 aliphatic rings. The Morgan fingerprint density at radius 1 is 1.17 bits per heavy atom. The van der Waals surface area contributed by atoms with Gasteiger partial charge in [0.05, 0.1) is 0 Å². The highest BCUT2D eigenvalue weighted by atomic mass is 14.8. The van der Waals surface area contributed by atoms with E-state index in [1.165, 1.54) is 12.0 Å². The smallest absolute Gasteiger partial charge is 0.309 e. The van der Waals surface area contributed by atoms with Gasteiger partial charge in [0.15, 0.2) is 0 Å². The highest BCUT2D eigenvalue weighted by Gasteiger charge is 2.14. The Hall–Kier alpha value is -1.20. The number of hydrogen-bond acceptors (Lipinski definition) is 1. The van der Waals surface area contributed by atoms with Crippen molar-refractivity contribution in [2.75, 3.05) is 0 Å². The van der Waals surface area contributed by atoms with E-state index in [2.05, 4.69) is 68.1 Å². The minimum atomic E-state index is 0.316. The van der Waals surface area contributed by atoms with Crippen LogP contribution in [0.3, 0.4) is 0 Å². The van der Waals surface area contributed by atoms with Crippen molar-refractivity contribution in [1.82, 2.24) is 5.23 Å². The van der Waals surface area contributed by atoms with Crippen molar-refractivity contribution in [2.45, 2.75) is 52.4 Å². The summed E-state index contributed by atoms with van der Waals surface area (Å²) in [6.45, 7) is 6.91. The quantitative estimate of drug-likeness (QED) is 0.584. The van der Waals surface area contributed by atoms with Gasteiger partial charge in [-0.25, -0.2) is 0 Å². The van der Waals surface area contributed by atoms with Gasteiger partial charge in [-0.2, -0.15) is 0 Å². The summed E-state index contributed by atoms with van der Waals surface area (Å²) in [7, 11) is 0. The van der Waals surface area contributed by atoms with Crippen molar-refractivity contribution < 1.29 is 0 Å². The molecule has 0 fully saturated rings. The summed E-state index contributed by atoms with van der Waals surface area (Å²) in [5.41, 5.74) is 1.33. The molecule has 18 heavy (non-hydrogen) atoms. The summed E-state index contributed by atoms with van der Waals surface area (Å²) in [6.07, 6.45) is 4.43. The average molecular weight is 241 g/mol. The molecule has 0 amide bonds.